The van der Waals surface area contributed by atoms with E-state index in [0.29, 0.717) is 11.3 Å². The number of nitriles is 2. The van der Waals surface area contributed by atoms with Crippen molar-refractivity contribution in [1.82, 2.24) is 0 Å². The van der Waals surface area contributed by atoms with Gasteiger partial charge in [0, 0.05) is 11.6 Å². The summed E-state index contributed by atoms with van der Waals surface area (Å²) in [6.07, 6.45) is 0. The molecule has 0 fully saturated rings. The number of rotatable bonds is 3. The van der Waals surface area contributed by atoms with E-state index in [0.717, 1.165) is 0 Å². The van der Waals surface area contributed by atoms with Crippen LogP contribution in [0.25, 0.3) is 0 Å². The number of halogens is 2. The first-order valence-corrected chi connectivity index (χ1v) is 6.03. The van der Waals surface area contributed by atoms with Gasteiger partial charge in [-0.2, -0.15) is 10.5 Å². The molecule has 0 saturated carbocycles. The summed E-state index contributed by atoms with van der Waals surface area (Å²) in [5.41, 5.74) is 0.602. The Balaban J connectivity index is 2.16. The van der Waals surface area contributed by atoms with Crippen LogP contribution in [-0.2, 0) is 6.61 Å². The fourth-order valence-corrected chi connectivity index (χ4v) is 1.83. The van der Waals surface area contributed by atoms with Crippen molar-refractivity contribution in [3.8, 4) is 17.9 Å². The summed E-state index contributed by atoms with van der Waals surface area (Å²) in [5, 5.41) is 17.8. The van der Waals surface area contributed by atoms with Crippen molar-refractivity contribution in [3.63, 3.8) is 0 Å². The Kier molecular flexibility index (Phi) is 4.20. The molecule has 0 N–H and O–H groups in total. The number of benzene rings is 2. The van der Waals surface area contributed by atoms with Gasteiger partial charge in [0.05, 0.1) is 16.1 Å². The van der Waals surface area contributed by atoms with Gasteiger partial charge in [-0.1, -0.05) is 23.7 Å². The van der Waals surface area contributed by atoms with E-state index in [4.69, 9.17) is 26.9 Å². The van der Waals surface area contributed by atoms with Crippen molar-refractivity contribution in [2.75, 3.05) is 0 Å². The van der Waals surface area contributed by atoms with Gasteiger partial charge in [-0.05, 0) is 18.2 Å². The molecule has 0 heterocycles. The van der Waals surface area contributed by atoms with E-state index in [1.807, 2.05) is 6.07 Å². The summed E-state index contributed by atoms with van der Waals surface area (Å²) in [4.78, 5) is 0. The average molecular weight is 287 g/mol. The third kappa shape index (κ3) is 2.88. The minimum atomic E-state index is -0.588. The molecule has 2 aromatic carbocycles. The lowest BCUT2D eigenvalue weighted by Gasteiger charge is -2.08. The first kappa shape index (κ1) is 13.9. The Labute approximate surface area is 120 Å². The molecule has 2 aromatic rings. The van der Waals surface area contributed by atoms with E-state index in [9.17, 15) is 4.39 Å². The zero-order valence-corrected chi connectivity index (χ0v) is 11.0. The molecule has 5 heteroatoms. The lowest BCUT2D eigenvalue weighted by molar-refractivity contribution is 0.299. The standard InChI is InChI=1S/C15H8ClFN2O/c16-14-6-13(5-4-10(14)7-18)20-9-12-3-1-2-11(8-19)15(12)17/h1-6H,9H2. The number of hydrogen-bond donors (Lipinski definition) is 0. The highest BCUT2D eigenvalue weighted by atomic mass is 35.5. The van der Waals surface area contributed by atoms with Crippen LogP contribution in [0.2, 0.25) is 5.02 Å². The minimum absolute atomic E-state index is 0.0241. The molecule has 0 spiro atoms. The van der Waals surface area contributed by atoms with Gasteiger partial charge in [0.15, 0.2) is 0 Å². The van der Waals surface area contributed by atoms with Crippen molar-refractivity contribution < 1.29 is 9.13 Å². The monoisotopic (exact) mass is 286 g/mol. The fourth-order valence-electron chi connectivity index (χ4n) is 1.61. The van der Waals surface area contributed by atoms with E-state index in [1.165, 1.54) is 18.2 Å². The topological polar surface area (TPSA) is 56.8 Å². The van der Waals surface area contributed by atoms with E-state index in [-0.39, 0.29) is 22.8 Å². The lowest BCUT2D eigenvalue weighted by atomic mass is 10.1. The van der Waals surface area contributed by atoms with Gasteiger partial charge < -0.3 is 4.74 Å². The summed E-state index contributed by atoms with van der Waals surface area (Å²) in [6, 6.07) is 12.8. The maximum Gasteiger partial charge on any atom is 0.147 e. The van der Waals surface area contributed by atoms with Crippen LogP contribution in [0.1, 0.15) is 16.7 Å². The third-order valence-electron chi connectivity index (χ3n) is 2.65. The Morgan fingerprint density at radius 2 is 1.85 bits per heavy atom. The molecular formula is C15H8ClFN2O. The molecule has 0 aliphatic heterocycles. The molecule has 0 aliphatic carbocycles. The number of ether oxygens (including phenoxy) is 1. The Morgan fingerprint density at radius 1 is 1.10 bits per heavy atom. The van der Waals surface area contributed by atoms with Gasteiger partial charge >= 0.3 is 0 Å². The Hall–Kier alpha value is -2.56. The largest absolute Gasteiger partial charge is 0.489 e. The molecule has 0 bridgehead atoms. The van der Waals surface area contributed by atoms with Gasteiger partial charge in [0.2, 0.25) is 0 Å². The van der Waals surface area contributed by atoms with Crippen LogP contribution in [-0.4, -0.2) is 0 Å². The van der Waals surface area contributed by atoms with E-state index >= 15 is 0 Å². The molecular weight excluding hydrogens is 279 g/mol. The first-order valence-electron chi connectivity index (χ1n) is 5.65. The van der Waals surface area contributed by atoms with Crippen LogP contribution in [0.4, 0.5) is 4.39 Å². The molecule has 0 aromatic heterocycles. The van der Waals surface area contributed by atoms with Crippen molar-refractivity contribution in [1.29, 1.82) is 10.5 Å². The maximum atomic E-state index is 13.8. The van der Waals surface area contributed by atoms with Crippen LogP contribution in [0.15, 0.2) is 36.4 Å². The smallest absolute Gasteiger partial charge is 0.147 e. The summed E-state index contributed by atoms with van der Waals surface area (Å²) < 4.78 is 19.2. The van der Waals surface area contributed by atoms with Crippen LogP contribution in [0.5, 0.6) is 5.75 Å². The van der Waals surface area contributed by atoms with Crippen LogP contribution >= 0.6 is 11.6 Å². The molecule has 3 nitrogen and oxygen atoms in total. The molecule has 0 saturated heterocycles. The van der Waals surface area contributed by atoms with Crippen molar-refractivity contribution >= 4 is 11.6 Å². The van der Waals surface area contributed by atoms with Gasteiger partial charge in [-0.25, -0.2) is 4.39 Å². The van der Waals surface area contributed by atoms with E-state index in [1.54, 1.807) is 24.3 Å². The highest BCUT2D eigenvalue weighted by Gasteiger charge is 2.08. The second-order valence-electron chi connectivity index (χ2n) is 3.93. The Morgan fingerprint density at radius 3 is 2.50 bits per heavy atom. The molecule has 0 radical (unpaired) electrons. The van der Waals surface area contributed by atoms with Crippen LogP contribution in [0, 0.1) is 28.5 Å². The zero-order chi connectivity index (χ0) is 14.5. The SMILES string of the molecule is N#Cc1ccc(OCc2cccc(C#N)c2F)cc1Cl. The summed E-state index contributed by atoms with van der Waals surface area (Å²) >= 11 is 5.87. The predicted molar refractivity (Wildman–Crippen MR) is 71.6 cm³/mol. The maximum absolute atomic E-state index is 13.8. The minimum Gasteiger partial charge on any atom is -0.489 e. The molecule has 20 heavy (non-hydrogen) atoms. The Bertz CT molecular complexity index is 732. The van der Waals surface area contributed by atoms with Gasteiger partial charge in [0.1, 0.15) is 30.3 Å². The predicted octanol–water partition coefficient (Wildman–Crippen LogP) is 3.80. The second kappa shape index (κ2) is 6.06. The van der Waals surface area contributed by atoms with Crippen molar-refractivity contribution in [2.24, 2.45) is 0 Å². The average Bonchev–Trinajstić information content (AvgIpc) is 2.46. The third-order valence-corrected chi connectivity index (χ3v) is 2.97. The highest BCUT2D eigenvalue weighted by Crippen LogP contribution is 2.23. The molecule has 0 unspecified atom stereocenters. The molecule has 2 rings (SSSR count). The summed E-state index contributed by atoms with van der Waals surface area (Å²) in [7, 11) is 0. The first-order chi connectivity index (χ1) is 9.65. The molecule has 98 valence electrons. The van der Waals surface area contributed by atoms with Crippen molar-refractivity contribution in [3.05, 3.63) is 63.9 Å². The molecule has 0 amide bonds. The normalized spacial score (nSPS) is 9.60. The van der Waals surface area contributed by atoms with E-state index in [2.05, 4.69) is 0 Å². The summed E-state index contributed by atoms with van der Waals surface area (Å²) in [6.45, 7) is -0.0242. The van der Waals surface area contributed by atoms with Crippen molar-refractivity contribution in [2.45, 2.75) is 6.61 Å². The van der Waals surface area contributed by atoms with Gasteiger partial charge in [-0.3, -0.25) is 0 Å². The van der Waals surface area contributed by atoms with Crippen LogP contribution in [0.3, 0.4) is 0 Å². The molecule has 0 atom stereocenters. The van der Waals surface area contributed by atoms with E-state index < -0.39 is 5.82 Å². The number of nitrogens with zero attached hydrogens (tertiary/aromatic N) is 2. The second-order valence-corrected chi connectivity index (χ2v) is 4.34. The zero-order valence-electron chi connectivity index (χ0n) is 10.2. The molecule has 0 aliphatic rings. The highest BCUT2D eigenvalue weighted by molar-refractivity contribution is 6.31. The quantitative estimate of drug-likeness (QED) is 0.862. The van der Waals surface area contributed by atoms with Crippen LogP contribution < -0.4 is 4.74 Å². The number of hydrogen-bond acceptors (Lipinski definition) is 3. The van der Waals surface area contributed by atoms with Gasteiger partial charge in [-0.15, -0.1) is 0 Å². The summed E-state index contributed by atoms with van der Waals surface area (Å²) in [5.74, 6) is -0.162. The van der Waals surface area contributed by atoms with Gasteiger partial charge in [0.25, 0.3) is 0 Å². The lowest BCUT2D eigenvalue weighted by Crippen LogP contribution is -2.00. The fraction of sp³-hybridized carbons (Fsp3) is 0.0667.